The molecule has 1 fully saturated rings. The minimum Gasteiger partial charge on any atom is -0.334 e. The molecule has 2 aromatic carbocycles. The molecule has 0 bridgehead atoms. The molecule has 2 heterocycles. The molecule has 0 aliphatic heterocycles. The van der Waals surface area contributed by atoms with Crippen LogP contribution in [0.15, 0.2) is 70.2 Å². The average molecular weight is 417 g/mol. The fourth-order valence-corrected chi connectivity index (χ4v) is 4.68. The van der Waals surface area contributed by atoms with Gasteiger partial charge >= 0.3 is 0 Å². The normalized spacial score (nSPS) is 14.8. The summed E-state index contributed by atoms with van der Waals surface area (Å²) in [5.74, 6) is 1.12. The predicted molar refractivity (Wildman–Crippen MR) is 120 cm³/mol. The van der Waals surface area contributed by atoms with Crippen LogP contribution in [-0.2, 0) is 0 Å². The fourth-order valence-electron chi connectivity index (χ4n) is 4.22. The molecule has 1 aliphatic rings. The fraction of sp³-hybridized carbons (Fsp3) is 0.292. The molecule has 152 valence electrons. The van der Waals surface area contributed by atoms with E-state index in [4.69, 9.17) is 14.6 Å². The molecule has 5 nitrogen and oxygen atoms in total. The van der Waals surface area contributed by atoms with Crippen molar-refractivity contribution in [3.63, 3.8) is 0 Å². The van der Waals surface area contributed by atoms with Crippen LogP contribution in [0.4, 0.5) is 0 Å². The Bertz CT molecular complexity index is 1130. The second kappa shape index (κ2) is 8.48. The molecule has 30 heavy (non-hydrogen) atoms. The van der Waals surface area contributed by atoms with Gasteiger partial charge in [-0.3, -0.25) is 4.68 Å². The predicted octanol–water partition coefficient (Wildman–Crippen LogP) is 6.49. The van der Waals surface area contributed by atoms with Crippen LogP contribution in [0, 0.1) is 0 Å². The van der Waals surface area contributed by atoms with Gasteiger partial charge in [-0.1, -0.05) is 60.8 Å². The largest absolute Gasteiger partial charge is 0.334 e. The second-order valence-corrected chi connectivity index (χ2v) is 8.54. The van der Waals surface area contributed by atoms with Crippen LogP contribution < -0.4 is 0 Å². The van der Waals surface area contributed by atoms with Gasteiger partial charge in [0.2, 0.25) is 5.82 Å². The maximum absolute atomic E-state index is 5.64. The first-order chi connectivity index (χ1) is 14.8. The minimum absolute atomic E-state index is 0.423. The lowest BCUT2D eigenvalue weighted by Gasteiger charge is -2.24. The van der Waals surface area contributed by atoms with Crippen molar-refractivity contribution in [1.82, 2.24) is 19.9 Å². The molecule has 0 saturated heterocycles. The lowest BCUT2D eigenvalue weighted by Crippen LogP contribution is -2.15. The number of benzene rings is 2. The molecule has 4 aromatic rings. The molecule has 5 rings (SSSR count). The van der Waals surface area contributed by atoms with Gasteiger partial charge in [-0.2, -0.15) is 10.1 Å². The third-order valence-corrected chi connectivity index (χ3v) is 6.47. The molecule has 0 N–H and O–H groups in total. The first kappa shape index (κ1) is 19.1. The van der Waals surface area contributed by atoms with E-state index in [-0.39, 0.29) is 0 Å². The van der Waals surface area contributed by atoms with Gasteiger partial charge in [0.25, 0.3) is 5.89 Å². The summed E-state index contributed by atoms with van der Waals surface area (Å²) in [6.07, 6.45) is 10.1. The number of aromatic nitrogens is 4. The molecule has 0 atom stereocenters. The van der Waals surface area contributed by atoms with Gasteiger partial charge in [0, 0.05) is 16.0 Å². The van der Waals surface area contributed by atoms with Crippen molar-refractivity contribution in [1.29, 1.82) is 0 Å². The monoisotopic (exact) mass is 416 g/mol. The zero-order valence-electron chi connectivity index (χ0n) is 17.0. The molecule has 0 radical (unpaired) electrons. The van der Waals surface area contributed by atoms with Crippen LogP contribution >= 0.6 is 11.8 Å². The van der Waals surface area contributed by atoms with Gasteiger partial charge in [-0.25, -0.2) is 0 Å². The Morgan fingerprint density at radius 3 is 2.57 bits per heavy atom. The molecule has 0 amide bonds. The Morgan fingerprint density at radius 2 is 1.77 bits per heavy atom. The van der Waals surface area contributed by atoms with Crippen LogP contribution in [0.2, 0.25) is 0 Å². The van der Waals surface area contributed by atoms with Crippen molar-refractivity contribution in [2.45, 2.75) is 43.0 Å². The van der Waals surface area contributed by atoms with Crippen molar-refractivity contribution >= 4 is 11.8 Å². The molecular weight excluding hydrogens is 392 g/mol. The number of rotatable bonds is 5. The maximum atomic E-state index is 5.64. The standard InChI is InChI=1S/C24H24N4OS/c1-30-20-14-8-11-18(15-20)24-26-23(27-29-24)21-16-25-28(19-12-6-3-7-13-19)22(21)17-9-4-2-5-10-17/h2,4-5,8-11,14-16,19H,3,6-7,12-13H2,1H3. The summed E-state index contributed by atoms with van der Waals surface area (Å²) in [6, 6.07) is 19.0. The third-order valence-electron chi connectivity index (χ3n) is 5.75. The summed E-state index contributed by atoms with van der Waals surface area (Å²) in [5, 5.41) is 9.11. The summed E-state index contributed by atoms with van der Waals surface area (Å²) in [5.41, 5.74) is 4.06. The quantitative estimate of drug-likeness (QED) is 0.348. The van der Waals surface area contributed by atoms with Crippen molar-refractivity contribution in [3.8, 4) is 34.1 Å². The van der Waals surface area contributed by atoms with Crippen LogP contribution in [0.25, 0.3) is 34.1 Å². The van der Waals surface area contributed by atoms with E-state index in [1.54, 1.807) is 11.8 Å². The Kier molecular flexibility index (Phi) is 5.41. The van der Waals surface area contributed by atoms with E-state index in [2.05, 4.69) is 52.5 Å². The summed E-state index contributed by atoms with van der Waals surface area (Å²) < 4.78 is 7.83. The van der Waals surface area contributed by atoms with E-state index in [1.807, 2.05) is 24.4 Å². The van der Waals surface area contributed by atoms with E-state index in [9.17, 15) is 0 Å². The van der Waals surface area contributed by atoms with Gasteiger partial charge in [0.15, 0.2) is 0 Å². The molecule has 0 spiro atoms. The highest BCUT2D eigenvalue weighted by Crippen LogP contribution is 2.37. The summed E-state index contributed by atoms with van der Waals surface area (Å²) in [4.78, 5) is 5.90. The van der Waals surface area contributed by atoms with Crippen molar-refractivity contribution in [2.24, 2.45) is 0 Å². The van der Waals surface area contributed by atoms with E-state index >= 15 is 0 Å². The van der Waals surface area contributed by atoms with E-state index in [0.717, 1.165) is 22.4 Å². The molecule has 2 aromatic heterocycles. The zero-order valence-corrected chi connectivity index (χ0v) is 17.8. The van der Waals surface area contributed by atoms with Gasteiger partial charge in [0.05, 0.1) is 23.5 Å². The Hall–Kier alpha value is -2.86. The molecule has 1 saturated carbocycles. The number of hydrogen-bond acceptors (Lipinski definition) is 5. The molecule has 6 heteroatoms. The van der Waals surface area contributed by atoms with Crippen LogP contribution in [0.3, 0.4) is 0 Å². The topological polar surface area (TPSA) is 56.7 Å². The van der Waals surface area contributed by atoms with E-state index < -0.39 is 0 Å². The van der Waals surface area contributed by atoms with Gasteiger partial charge in [-0.05, 0) is 37.3 Å². The minimum atomic E-state index is 0.423. The third kappa shape index (κ3) is 3.67. The molecule has 0 unspecified atom stereocenters. The maximum Gasteiger partial charge on any atom is 0.258 e. The number of thioether (sulfide) groups is 1. The van der Waals surface area contributed by atoms with Crippen LogP contribution in [0.1, 0.15) is 38.1 Å². The van der Waals surface area contributed by atoms with Gasteiger partial charge < -0.3 is 4.52 Å². The van der Waals surface area contributed by atoms with Crippen LogP contribution in [0.5, 0.6) is 0 Å². The highest BCUT2D eigenvalue weighted by atomic mass is 32.2. The SMILES string of the molecule is CSc1cccc(-c2nc(-c3cnn(C4CCCCC4)c3-c3ccccc3)no2)c1. The Morgan fingerprint density at radius 1 is 0.967 bits per heavy atom. The highest BCUT2D eigenvalue weighted by Gasteiger charge is 2.25. The average Bonchev–Trinajstić information content (AvgIpc) is 3.48. The number of nitrogens with zero attached hydrogens (tertiary/aromatic N) is 4. The van der Waals surface area contributed by atoms with E-state index in [0.29, 0.717) is 17.8 Å². The number of hydrogen-bond donors (Lipinski definition) is 0. The lowest BCUT2D eigenvalue weighted by molar-refractivity contribution is 0.332. The Labute approximate surface area is 180 Å². The van der Waals surface area contributed by atoms with Crippen LogP contribution in [-0.4, -0.2) is 26.2 Å². The summed E-state index contributed by atoms with van der Waals surface area (Å²) in [7, 11) is 0. The second-order valence-electron chi connectivity index (χ2n) is 7.66. The molecular formula is C24H24N4OS. The smallest absolute Gasteiger partial charge is 0.258 e. The first-order valence-electron chi connectivity index (χ1n) is 10.4. The van der Waals surface area contributed by atoms with Crippen molar-refractivity contribution < 1.29 is 4.52 Å². The zero-order chi connectivity index (χ0) is 20.3. The molecule has 1 aliphatic carbocycles. The van der Waals surface area contributed by atoms with Crippen molar-refractivity contribution in [3.05, 3.63) is 60.8 Å². The highest BCUT2D eigenvalue weighted by molar-refractivity contribution is 7.98. The van der Waals surface area contributed by atoms with Gasteiger partial charge in [0.1, 0.15) is 0 Å². The Balaban J connectivity index is 1.58. The lowest BCUT2D eigenvalue weighted by atomic mass is 9.95. The summed E-state index contributed by atoms with van der Waals surface area (Å²) >= 11 is 1.70. The van der Waals surface area contributed by atoms with Crippen molar-refractivity contribution in [2.75, 3.05) is 6.26 Å². The van der Waals surface area contributed by atoms with E-state index in [1.165, 1.54) is 37.0 Å². The first-order valence-corrected chi connectivity index (χ1v) is 11.7. The summed E-state index contributed by atoms with van der Waals surface area (Å²) in [6.45, 7) is 0. The van der Waals surface area contributed by atoms with Gasteiger partial charge in [-0.15, -0.1) is 11.8 Å².